The summed E-state index contributed by atoms with van der Waals surface area (Å²) in [5, 5.41) is 0. The molecule has 0 aromatic rings. The number of likely N-dealkylation sites (N-methyl/N-ethyl adjacent to an activating group) is 1. The van der Waals surface area contributed by atoms with E-state index >= 15 is 0 Å². The zero-order chi connectivity index (χ0) is 43.8. The minimum Gasteiger partial charge on any atom is -0.756 e. The summed E-state index contributed by atoms with van der Waals surface area (Å²) in [6.45, 7) is 15.1. The van der Waals surface area contributed by atoms with Crippen molar-refractivity contribution in [3.63, 3.8) is 0 Å². The van der Waals surface area contributed by atoms with Crippen LogP contribution in [0.3, 0.4) is 0 Å². The Balaban J connectivity index is 1.26. The molecule has 0 bridgehead atoms. The van der Waals surface area contributed by atoms with E-state index in [4.69, 9.17) is 18.5 Å². The van der Waals surface area contributed by atoms with Crippen LogP contribution >= 0.6 is 7.82 Å². The molecule has 0 radical (unpaired) electrons. The molecule has 3 saturated carbocycles. The number of fused-ring (bicyclic) bond motifs is 5. The number of carbonyl (C=O) groups is 1. The molecule has 0 aliphatic heterocycles. The number of allylic oxidation sites excluding steroid dienone is 1. The molecular formula is C51H94NO7P. The second-order valence-electron chi connectivity index (χ2n) is 22.2. The number of hydrogen-bond donors (Lipinski definition) is 0. The van der Waals surface area contributed by atoms with Gasteiger partial charge in [-0.2, -0.15) is 0 Å². The molecular weight excluding hydrogens is 770 g/mol. The molecule has 0 saturated heterocycles. The standard InChI is InChI=1S/C51H94NO7P/c1-10-11-12-13-14-15-16-17-18-19-20-21-22-26-49(53)59-44(39-58-60(54,55)57-36-35-52(7,8)9)38-56-43-31-33-50(5)42(37-43)27-28-45-47-30-29-46(41(4)25-23-24-40(2)3)51(47,6)34-32-48(45)50/h27,40-41,43-48H,10-26,28-39H2,1-9H3/t41-,43+,44?,45+,46-,47+,48+,50+,51-/m1/s1. The number of nitrogens with zero attached hydrogens (tertiary/aromatic N) is 1. The topological polar surface area (TPSA) is 94.1 Å². The van der Waals surface area contributed by atoms with Crippen molar-refractivity contribution in [3.8, 4) is 0 Å². The molecule has 0 heterocycles. The Morgan fingerprint density at radius 1 is 0.817 bits per heavy atom. The van der Waals surface area contributed by atoms with Crippen molar-refractivity contribution in [3.05, 3.63) is 11.6 Å². The minimum atomic E-state index is -4.57. The molecule has 4 rings (SSSR count). The SMILES string of the molecule is CCCCCCCCCCCCCCCC(=O)OC(CO[C@H]1CC[C@@]2(C)C(=CC[C@H]3[C@@H]4CC[C@H]([C@H](C)CCCC(C)C)[C@@]4(C)CC[C@@H]32)C1)COP(=O)([O-])OCC[N+](C)(C)C. The van der Waals surface area contributed by atoms with Gasteiger partial charge in [0.05, 0.1) is 40.5 Å². The van der Waals surface area contributed by atoms with E-state index in [1.54, 1.807) is 5.57 Å². The number of quaternary nitrogens is 1. The Morgan fingerprint density at radius 3 is 2.10 bits per heavy atom. The van der Waals surface area contributed by atoms with Gasteiger partial charge in [-0.05, 0) is 104 Å². The fraction of sp³-hybridized carbons (Fsp3) is 0.941. The van der Waals surface area contributed by atoms with Crippen LogP contribution in [0.2, 0.25) is 0 Å². The van der Waals surface area contributed by atoms with Gasteiger partial charge >= 0.3 is 5.97 Å². The van der Waals surface area contributed by atoms with E-state index < -0.39 is 13.9 Å². The van der Waals surface area contributed by atoms with Crippen LogP contribution < -0.4 is 4.89 Å². The van der Waals surface area contributed by atoms with E-state index in [-0.39, 0.29) is 37.3 Å². The maximum Gasteiger partial charge on any atom is 0.306 e. The molecule has 60 heavy (non-hydrogen) atoms. The quantitative estimate of drug-likeness (QED) is 0.0233. The smallest absolute Gasteiger partial charge is 0.306 e. The summed E-state index contributed by atoms with van der Waals surface area (Å²) in [7, 11) is 1.36. The average Bonchev–Trinajstić information content (AvgIpc) is 3.54. The summed E-state index contributed by atoms with van der Waals surface area (Å²) in [6.07, 6.45) is 32.0. The molecule has 8 nitrogen and oxygen atoms in total. The van der Waals surface area contributed by atoms with Crippen LogP contribution in [0.15, 0.2) is 11.6 Å². The van der Waals surface area contributed by atoms with Gasteiger partial charge in [0.15, 0.2) is 0 Å². The zero-order valence-electron chi connectivity index (χ0n) is 40.5. The van der Waals surface area contributed by atoms with Gasteiger partial charge in [-0.3, -0.25) is 9.36 Å². The number of unbranched alkanes of at least 4 members (excludes halogenated alkanes) is 12. The monoisotopic (exact) mass is 864 g/mol. The van der Waals surface area contributed by atoms with E-state index in [1.165, 1.54) is 116 Å². The van der Waals surface area contributed by atoms with Crippen LogP contribution in [0.25, 0.3) is 0 Å². The summed E-state index contributed by atoms with van der Waals surface area (Å²) >= 11 is 0. The first-order valence-corrected chi connectivity index (χ1v) is 26.8. The molecule has 0 amide bonds. The Kier molecular flexibility index (Phi) is 21.7. The normalized spacial score (nSPS) is 29.9. The Labute approximate surface area is 369 Å². The summed E-state index contributed by atoms with van der Waals surface area (Å²) < 4.78 is 36.2. The summed E-state index contributed by atoms with van der Waals surface area (Å²) in [4.78, 5) is 25.8. The molecule has 10 atom stereocenters. The fourth-order valence-electron chi connectivity index (χ4n) is 12.3. The van der Waals surface area contributed by atoms with Gasteiger partial charge in [-0.1, -0.05) is 150 Å². The summed E-state index contributed by atoms with van der Waals surface area (Å²) in [6, 6.07) is 0. The maximum atomic E-state index is 13.1. The Bertz CT molecular complexity index is 1330. The number of rotatable bonds is 30. The van der Waals surface area contributed by atoms with Crippen LogP contribution in [0.4, 0.5) is 0 Å². The number of phosphoric ester groups is 1. The largest absolute Gasteiger partial charge is 0.756 e. The van der Waals surface area contributed by atoms with E-state index in [9.17, 15) is 14.3 Å². The third-order valence-corrected chi connectivity index (χ3v) is 17.0. The van der Waals surface area contributed by atoms with Gasteiger partial charge in [0.2, 0.25) is 0 Å². The predicted molar refractivity (Wildman–Crippen MR) is 245 cm³/mol. The van der Waals surface area contributed by atoms with Gasteiger partial charge < -0.3 is 27.9 Å². The van der Waals surface area contributed by atoms with Gasteiger partial charge in [0.25, 0.3) is 7.82 Å². The van der Waals surface area contributed by atoms with Crippen LogP contribution in [0.1, 0.15) is 202 Å². The van der Waals surface area contributed by atoms with E-state index in [0.717, 1.165) is 74.0 Å². The molecule has 2 unspecified atom stereocenters. The van der Waals surface area contributed by atoms with Crippen molar-refractivity contribution in [1.29, 1.82) is 0 Å². The van der Waals surface area contributed by atoms with Crippen molar-refractivity contribution < 1.29 is 37.3 Å². The summed E-state index contributed by atoms with van der Waals surface area (Å²) in [5.74, 6) is 4.52. The lowest BCUT2D eigenvalue weighted by molar-refractivity contribution is -0.870. The molecule has 4 aliphatic carbocycles. The highest BCUT2D eigenvalue weighted by molar-refractivity contribution is 7.45. The highest BCUT2D eigenvalue weighted by Crippen LogP contribution is 2.67. The molecule has 4 aliphatic rings. The third-order valence-electron chi connectivity index (χ3n) is 16.0. The van der Waals surface area contributed by atoms with Crippen molar-refractivity contribution in [2.45, 2.75) is 214 Å². The van der Waals surface area contributed by atoms with Gasteiger partial charge in [0, 0.05) is 6.42 Å². The van der Waals surface area contributed by atoms with Crippen molar-refractivity contribution in [2.24, 2.45) is 46.3 Å². The van der Waals surface area contributed by atoms with Gasteiger partial charge in [-0.15, -0.1) is 0 Å². The first-order chi connectivity index (χ1) is 28.5. The highest BCUT2D eigenvalue weighted by atomic mass is 31.2. The van der Waals surface area contributed by atoms with Crippen LogP contribution in [0, 0.1) is 46.3 Å². The molecule has 9 heteroatoms. The summed E-state index contributed by atoms with van der Waals surface area (Å²) in [5.41, 5.74) is 2.25. The van der Waals surface area contributed by atoms with Gasteiger partial charge in [-0.25, -0.2) is 0 Å². The zero-order valence-corrected chi connectivity index (χ0v) is 41.3. The molecule has 3 fully saturated rings. The van der Waals surface area contributed by atoms with E-state index in [1.807, 2.05) is 21.1 Å². The molecule has 350 valence electrons. The molecule has 0 aromatic carbocycles. The Hall–Kier alpha value is -0.760. The first kappa shape index (κ1) is 51.9. The van der Waals surface area contributed by atoms with Crippen LogP contribution in [-0.2, 0) is 27.9 Å². The average molecular weight is 864 g/mol. The lowest BCUT2D eigenvalue weighted by Crippen LogP contribution is -2.51. The van der Waals surface area contributed by atoms with Crippen LogP contribution in [-0.4, -0.2) is 70.2 Å². The number of ether oxygens (including phenoxy) is 2. The molecule has 0 aromatic heterocycles. The number of hydrogen-bond acceptors (Lipinski definition) is 7. The highest BCUT2D eigenvalue weighted by Gasteiger charge is 2.59. The van der Waals surface area contributed by atoms with E-state index in [2.05, 4.69) is 47.6 Å². The number of esters is 1. The minimum absolute atomic E-state index is 0.0133. The first-order valence-electron chi connectivity index (χ1n) is 25.4. The second kappa shape index (κ2) is 25.1. The lowest BCUT2D eigenvalue weighted by atomic mass is 9.47. The van der Waals surface area contributed by atoms with Gasteiger partial charge in [0.1, 0.15) is 19.3 Å². The van der Waals surface area contributed by atoms with Crippen LogP contribution in [0.5, 0.6) is 0 Å². The predicted octanol–water partition coefficient (Wildman–Crippen LogP) is 13.0. The molecule has 0 N–H and O–H groups in total. The lowest BCUT2D eigenvalue weighted by Gasteiger charge is -2.58. The van der Waals surface area contributed by atoms with Crippen molar-refractivity contribution in [2.75, 3.05) is 47.5 Å². The molecule has 0 spiro atoms. The number of phosphoric acid groups is 1. The number of carbonyl (C=O) groups excluding carboxylic acids is 1. The Morgan fingerprint density at radius 2 is 1.47 bits per heavy atom. The van der Waals surface area contributed by atoms with Crippen molar-refractivity contribution >= 4 is 13.8 Å². The van der Waals surface area contributed by atoms with E-state index in [0.29, 0.717) is 22.9 Å². The second-order valence-corrected chi connectivity index (χ2v) is 23.6. The van der Waals surface area contributed by atoms with Crippen molar-refractivity contribution in [1.82, 2.24) is 0 Å². The fourth-order valence-corrected chi connectivity index (χ4v) is 13.1. The third kappa shape index (κ3) is 16.3. The maximum absolute atomic E-state index is 13.1.